The number of hydrogen-bond acceptors (Lipinski definition) is 4. The molecule has 0 bridgehead atoms. The van der Waals surface area contributed by atoms with E-state index in [0.717, 1.165) is 24.0 Å². The number of carbonyl (C=O) groups excluding carboxylic acids is 2. The monoisotopic (exact) mass is 498 g/mol. The van der Waals surface area contributed by atoms with Crippen molar-refractivity contribution in [2.24, 2.45) is 5.73 Å². The lowest BCUT2D eigenvalue weighted by Crippen LogP contribution is -2.38. The van der Waals surface area contributed by atoms with Crippen LogP contribution in [0.4, 0.5) is 5.69 Å². The van der Waals surface area contributed by atoms with Crippen LogP contribution in [-0.2, 0) is 20.8 Å². The Morgan fingerprint density at radius 1 is 1.00 bits per heavy atom. The van der Waals surface area contributed by atoms with Crippen molar-refractivity contribution in [3.8, 4) is 0 Å². The quantitative estimate of drug-likeness (QED) is 0.143. The number of carbonyl (C=O) groups is 3. The van der Waals surface area contributed by atoms with Crippen molar-refractivity contribution in [2.45, 2.75) is 31.7 Å². The summed E-state index contributed by atoms with van der Waals surface area (Å²) < 4.78 is 0. The fourth-order valence-electron chi connectivity index (χ4n) is 4.26. The number of rotatable bonds is 7. The maximum absolute atomic E-state index is 13.4. The van der Waals surface area contributed by atoms with Crippen LogP contribution in [0, 0.1) is 5.41 Å². The second-order valence-electron chi connectivity index (χ2n) is 8.52. The summed E-state index contributed by atoms with van der Waals surface area (Å²) in [5.41, 5.74) is 10.7. The first-order chi connectivity index (χ1) is 17.8. The number of amides is 2. The second kappa shape index (κ2) is 12.8. The highest BCUT2D eigenvalue weighted by Gasteiger charge is 2.30. The second-order valence-corrected chi connectivity index (χ2v) is 8.52. The van der Waals surface area contributed by atoms with E-state index in [4.69, 9.17) is 21.0 Å². The molecule has 3 aromatic rings. The predicted molar refractivity (Wildman–Crippen MR) is 144 cm³/mol. The molecule has 1 aliphatic carbocycles. The number of aryl methyl sites for hydroxylation is 1. The first kappa shape index (κ1) is 26.9. The molecule has 8 heteroatoms. The Morgan fingerprint density at radius 3 is 2.32 bits per heavy atom. The third-order valence-electron chi connectivity index (χ3n) is 6.04. The van der Waals surface area contributed by atoms with Gasteiger partial charge in [-0.05, 0) is 66.3 Å². The SMILES string of the molecule is C[C@@H](NC(=O)C(C(=O)Nc1ccc(C(=N)N)cc1)c1ccccc1)c1cccc2c1C=CCC2.O=CO. The lowest BCUT2D eigenvalue weighted by molar-refractivity contribution is -0.129. The van der Waals surface area contributed by atoms with E-state index in [1.54, 1.807) is 36.4 Å². The Morgan fingerprint density at radius 2 is 1.68 bits per heavy atom. The fraction of sp³-hybridized carbons (Fsp3) is 0.172. The minimum atomic E-state index is -1.02. The Labute approximate surface area is 215 Å². The van der Waals surface area contributed by atoms with Crippen molar-refractivity contribution >= 4 is 35.9 Å². The Kier molecular flexibility index (Phi) is 9.32. The van der Waals surface area contributed by atoms with E-state index in [1.807, 2.05) is 37.3 Å². The lowest BCUT2D eigenvalue weighted by atomic mass is 9.90. The van der Waals surface area contributed by atoms with Gasteiger partial charge in [0.25, 0.3) is 6.47 Å². The van der Waals surface area contributed by atoms with Gasteiger partial charge in [0, 0.05) is 11.3 Å². The van der Waals surface area contributed by atoms with E-state index >= 15 is 0 Å². The van der Waals surface area contributed by atoms with E-state index in [9.17, 15) is 9.59 Å². The first-order valence-corrected chi connectivity index (χ1v) is 11.8. The summed E-state index contributed by atoms with van der Waals surface area (Å²) in [4.78, 5) is 35.1. The molecule has 37 heavy (non-hydrogen) atoms. The number of nitrogen functional groups attached to an aromatic ring is 1. The number of nitrogens with two attached hydrogens (primary N) is 1. The summed E-state index contributed by atoms with van der Waals surface area (Å²) in [5.74, 6) is -1.87. The van der Waals surface area contributed by atoms with Crippen molar-refractivity contribution in [1.29, 1.82) is 5.41 Å². The molecule has 1 aliphatic rings. The molecule has 0 spiro atoms. The van der Waals surface area contributed by atoms with Gasteiger partial charge in [-0.2, -0.15) is 0 Å². The number of anilines is 1. The molecule has 1 unspecified atom stereocenters. The van der Waals surface area contributed by atoms with Crippen LogP contribution in [0.3, 0.4) is 0 Å². The first-order valence-electron chi connectivity index (χ1n) is 11.8. The number of allylic oxidation sites excluding steroid dienone is 1. The maximum atomic E-state index is 13.4. The molecule has 0 aliphatic heterocycles. The van der Waals surface area contributed by atoms with Crippen molar-refractivity contribution in [2.75, 3.05) is 5.32 Å². The molecule has 2 amide bonds. The largest absolute Gasteiger partial charge is 0.483 e. The predicted octanol–water partition coefficient (Wildman–Crippen LogP) is 4.23. The summed E-state index contributed by atoms with van der Waals surface area (Å²) in [7, 11) is 0. The van der Waals surface area contributed by atoms with Gasteiger partial charge in [-0.1, -0.05) is 60.7 Å². The zero-order valence-electron chi connectivity index (χ0n) is 20.5. The normalized spacial score (nSPS) is 13.1. The maximum Gasteiger partial charge on any atom is 0.290 e. The van der Waals surface area contributed by atoms with Gasteiger partial charge in [-0.15, -0.1) is 0 Å². The average molecular weight is 499 g/mol. The van der Waals surface area contributed by atoms with E-state index in [-0.39, 0.29) is 24.3 Å². The molecular weight excluding hydrogens is 468 g/mol. The minimum Gasteiger partial charge on any atom is -0.483 e. The smallest absolute Gasteiger partial charge is 0.290 e. The Balaban J connectivity index is 0.00000121. The zero-order valence-corrected chi connectivity index (χ0v) is 20.5. The van der Waals surface area contributed by atoms with Crippen LogP contribution in [0.5, 0.6) is 0 Å². The summed E-state index contributed by atoms with van der Waals surface area (Å²) in [6.07, 6.45) is 6.26. The molecule has 0 radical (unpaired) electrons. The van der Waals surface area contributed by atoms with E-state index < -0.39 is 11.8 Å². The van der Waals surface area contributed by atoms with Crippen molar-refractivity contribution < 1.29 is 19.5 Å². The molecular formula is C29H30N4O4. The molecule has 3 aromatic carbocycles. The van der Waals surface area contributed by atoms with Gasteiger partial charge >= 0.3 is 0 Å². The van der Waals surface area contributed by atoms with Gasteiger partial charge in [-0.25, -0.2) is 0 Å². The van der Waals surface area contributed by atoms with Gasteiger partial charge in [0.2, 0.25) is 11.8 Å². The zero-order chi connectivity index (χ0) is 26.8. The lowest BCUT2D eigenvalue weighted by Gasteiger charge is -2.23. The molecule has 4 rings (SSSR count). The topological polar surface area (TPSA) is 145 Å². The highest BCUT2D eigenvalue weighted by Crippen LogP contribution is 2.28. The number of hydrogen-bond donors (Lipinski definition) is 5. The molecule has 0 fully saturated rings. The molecule has 0 heterocycles. The highest BCUT2D eigenvalue weighted by molar-refractivity contribution is 6.11. The summed E-state index contributed by atoms with van der Waals surface area (Å²) >= 11 is 0. The number of benzene rings is 3. The Hall–Kier alpha value is -4.72. The number of carboxylic acid groups (broad SMARTS) is 1. The van der Waals surface area contributed by atoms with Crippen LogP contribution in [0.25, 0.3) is 6.08 Å². The standard InChI is InChI=1S/C28H28N4O2.CH2O2/c1-18(23-13-7-11-19-8-5-6-12-24(19)23)31-27(33)25(20-9-3-2-4-10-20)28(34)32-22-16-14-21(15-17-22)26(29)30;2-1-3/h2-4,6-7,9-18,25H,5,8H2,1H3,(H3,29,30)(H,31,33)(H,32,34);1H,(H,2,3)/t18-,25?;/m1./s1. The number of amidine groups is 1. The summed E-state index contributed by atoms with van der Waals surface area (Å²) in [6.45, 7) is 1.69. The van der Waals surface area contributed by atoms with Gasteiger partial charge in [0.1, 0.15) is 11.8 Å². The summed E-state index contributed by atoms with van der Waals surface area (Å²) in [6, 6.07) is 21.6. The third-order valence-corrected chi connectivity index (χ3v) is 6.04. The van der Waals surface area contributed by atoms with E-state index in [1.165, 1.54) is 5.56 Å². The third kappa shape index (κ3) is 6.91. The van der Waals surface area contributed by atoms with Gasteiger partial charge < -0.3 is 21.5 Å². The molecule has 0 saturated heterocycles. The molecule has 0 saturated carbocycles. The van der Waals surface area contributed by atoms with Crippen LogP contribution >= 0.6 is 0 Å². The fourth-order valence-corrected chi connectivity index (χ4v) is 4.26. The molecule has 8 nitrogen and oxygen atoms in total. The Bertz CT molecular complexity index is 1290. The van der Waals surface area contributed by atoms with Crippen LogP contribution in [0.15, 0.2) is 78.9 Å². The molecule has 190 valence electrons. The van der Waals surface area contributed by atoms with Gasteiger partial charge in [-0.3, -0.25) is 19.8 Å². The summed E-state index contributed by atoms with van der Waals surface area (Å²) in [5, 5.41) is 20.3. The van der Waals surface area contributed by atoms with Crippen molar-refractivity contribution in [3.63, 3.8) is 0 Å². The highest BCUT2D eigenvalue weighted by atomic mass is 16.3. The van der Waals surface area contributed by atoms with Crippen molar-refractivity contribution in [3.05, 3.63) is 107 Å². The number of fused-ring (bicyclic) bond motifs is 1. The van der Waals surface area contributed by atoms with E-state index in [0.29, 0.717) is 16.8 Å². The molecule has 2 atom stereocenters. The average Bonchev–Trinajstić information content (AvgIpc) is 2.90. The van der Waals surface area contributed by atoms with Crippen LogP contribution in [-0.4, -0.2) is 29.2 Å². The van der Waals surface area contributed by atoms with Crippen LogP contribution in [0.2, 0.25) is 0 Å². The molecule has 6 N–H and O–H groups in total. The minimum absolute atomic E-state index is 0.0497. The van der Waals surface area contributed by atoms with Crippen molar-refractivity contribution in [1.82, 2.24) is 5.32 Å². The van der Waals surface area contributed by atoms with Crippen LogP contribution in [0.1, 0.15) is 53.1 Å². The van der Waals surface area contributed by atoms with Gasteiger partial charge in [0.15, 0.2) is 0 Å². The van der Waals surface area contributed by atoms with E-state index in [2.05, 4.69) is 28.9 Å². The van der Waals surface area contributed by atoms with Gasteiger partial charge in [0.05, 0.1) is 6.04 Å². The number of nitrogens with one attached hydrogen (secondary N) is 3. The molecule has 0 aromatic heterocycles. The van der Waals surface area contributed by atoms with Crippen LogP contribution < -0.4 is 16.4 Å².